The second-order valence-corrected chi connectivity index (χ2v) is 6.49. The van der Waals surface area contributed by atoms with Crippen molar-refractivity contribution >= 4 is 11.6 Å². The molecule has 1 fully saturated rings. The van der Waals surface area contributed by atoms with E-state index in [-0.39, 0.29) is 11.9 Å². The van der Waals surface area contributed by atoms with Gasteiger partial charge in [-0.05, 0) is 61.6 Å². The van der Waals surface area contributed by atoms with Crippen molar-refractivity contribution in [3.63, 3.8) is 0 Å². The van der Waals surface area contributed by atoms with Gasteiger partial charge < -0.3 is 10.6 Å². The maximum Gasteiger partial charge on any atom is 0.416 e. The Kier molecular flexibility index (Phi) is 5.61. The summed E-state index contributed by atoms with van der Waals surface area (Å²) in [6.07, 6.45) is -1.68. The Bertz CT molecular complexity index is 750. The van der Waals surface area contributed by atoms with Crippen LogP contribution in [0.5, 0.6) is 0 Å². The fourth-order valence-electron chi connectivity index (χ4n) is 3.19. The second-order valence-electron chi connectivity index (χ2n) is 6.49. The third kappa shape index (κ3) is 4.64. The number of aryl methyl sites for hydroxylation is 2. The van der Waals surface area contributed by atoms with Crippen molar-refractivity contribution in [2.75, 3.05) is 11.9 Å². The largest absolute Gasteiger partial charge is 0.416 e. The van der Waals surface area contributed by atoms with Crippen molar-refractivity contribution in [3.8, 4) is 0 Å². The van der Waals surface area contributed by atoms with Gasteiger partial charge >= 0.3 is 6.18 Å². The molecule has 0 aliphatic carbocycles. The van der Waals surface area contributed by atoms with Crippen LogP contribution in [0.2, 0.25) is 0 Å². The minimum Gasteiger partial charge on any atom is -0.325 e. The molecule has 3 nitrogen and oxygen atoms in total. The van der Waals surface area contributed by atoms with Crippen molar-refractivity contribution in [2.24, 2.45) is 0 Å². The Hall–Kier alpha value is -2.34. The summed E-state index contributed by atoms with van der Waals surface area (Å²) in [4.78, 5) is 12.1. The maximum absolute atomic E-state index is 13.0. The van der Waals surface area contributed by atoms with Crippen LogP contribution in [0.4, 0.5) is 18.9 Å². The molecule has 0 spiro atoms. The molecule has 1 atom stereocenters. The van der Waals surface area contributed by atoms with Crippen molar-refractivity contribution in [1.82, 2.24) is 5.32 Å². The summed E-state index contributed by atoms with van der Waals surface area (Å²) in [5.74, 6) is -0.0469. The van der Waals surface area contributed by atoms with E-state index >= 15 is 0 Å². The minimum absolute atomic E-state index is 0.0469. The third-order valence-electron chi connectivity index (χ3n) is 4.60. The second kappa shape index (κ2) is 7.91. The number of amides is 1. The molecule has 2 aromatic carbocycles. The lowest BCUT2D eigenvalue weighted by atomic mass is 9.99. The van der Waals surface area contributed by atoms with Gasteiger partial charge in [-0.2, -0.15) is 13.2 Å². The van der Waals surface area contributed by atoms with E-state index in [2.05, 4.69) is 10.6 Å². The van der Waals surface area contributed by atoms with Crippen LogP contribution < -0.4 is 10.6 Å². The Morgan fingerprint density at radius 1 is 1.08 bits per heavy atom. The molecule has 0 aromatic heterocycles. The van der Waals surface area contributed by atoms with Crippen LogP contribution in [0.3, 0.4) is 0 Å². The molecule has 6 heteroatoms. The normalized spacial score (nSPS) is 17.3. The molecule has 26 heavy (non-hydrogen) atoms. The van der Waals surface area contributed by atoms with Gasteiger partial charge in [-0.1, -0.05) is 30.3 Å². The smallest absolute Gasteiger partial charge is 0.325 e. The molecule has 0 radical (unpaired) electrons. The topological polar surface area (TPSA) is 41.1 Å². The summed E-state index contributed by atoms with van der Waals surface area (Å²) in [6.45, 7) is 0.858. The molecule has 1 amide bonds. The number of rotatable bonds is 5. The summed E-state index contributed by atoms with van der Waals surface area (Å²) in [6, 6.07) is 12.8. The zero-order valence-electron chi connectivity index (χ0n) is 14.3. The number of alkyl halides is 3. The van der Waals surface area contributed by atoms with Gasteiger partial charge in [0.1, 0.15) is 0 Å². The predicted molar refractivity (Wildman–Crippen MR) is 94.9 cm³/mol. The van der Waals surface area contributed by atoms with Gasteiger partial charge in [0.05, 0.1) is 11.6 Å². The first kappa shape index (κ1) is 18.5. The van der Waals surface area contributed by atoms with E-state index in [1.165, 1.54) is 12.1 Å². The lowest BCUT2D eigenvalue weighted by Gasteiger charge is -2.13. The lowest BCUT2D eigenvalue weighted by Crippen LogP contribution is -2.35. The van der Waals surface area contributed by atoms with Gasteiger partial charge in [-0.15, -0.1) is 0 Å². The molecule has 1 unspecified atom stereocenters. The first-order chi connectivity index (χ1) is 12.4. The Morgan fingerprint density at radius 3 is 2.46 bits per heavy atom. The number of carbonyl (C=O) groups excluding carboxylic acids is 1. The monoisotopic (exact) mass is 362 g/mol. The molecule has 2 aromatic rings. The van der Waals surface area contributed by atoms with E-state index < -0.39 is 11.7 Å². The quantitative estimate of drug-likeness (QED) is 0.838. The molecule has 0 bridgehead atoms. The van der Waals surface area contributed by atoms with E-state index in [1.54, 1.807) is 18.2 Å². The van der Waals surface area contributed by atoms with Crippen LogP contribution >= 0.6 is 0 Å². The highest BCUT2D eigenvalue weighted by molar-refractivity contribution is 5.95. The average Bonchev–Trinajstić information content (AvgIpc) is 3.15. The Balaban J connectivity index is 1.59. The van der Waals surface area contributed by atoms with Crippen LogP contribution in [0.1, 0.15) is 29.5 Å². The number of carbonyl (C=O) groups is 1. The number of nitrogens with one attached hydrogen (secondary N) is 2. The van der Waals surface area contributed by atoms with Crippen molar-refractivity contribution in [3.05, 3.63) is 65.2 Å². The predicted octanol–water partition coefficient (Wildman–Crippen LogP) is 4.18. The summed E-state index contributed by atoms with van der Waals surface area (Å²) >= 11 is 0. The average molecular weight is 362 g/mol. The Morgan fingerprint density at radius 2 is 1.81 bits per heavy atom. The van der Waals surface area contributed by atoms with E-state index in [1.807, 2.05) is 12.1 Å². The molecule has 1 aliphatic heterocycles. The fraction of sp³-hybridized carbons (Fsp3) is 0.350. The van der Waals surface area contributed by atoms with Gasteiger partial charge in [0, 0.05) is 5.69 Å². The van der Waals surface area contributed by atoms with Crippen LogP contribution in [0.15, 0.2) is 48.5 Å². The highest BCUT2D eigenvalue weighted by atomic mass is 19.4. The SMILES string of the molecule is O=C(Nc1ccc(CCc2ccccc2C(F)(F)F)cc1)C1CCCN1. The number of halogens is 3. The summed E-state index contributed by atoms with van der Waals surface area (Å²) in [7, 11) is 0. The summed E-state index contributed by atoms with van der Waals surface area (Å²) < 4.78 is 39.1. The highest BCUT2D eigenvalue weighted by Gasteiger charge is 2.32. The van der Waals surface area contributed by atoms with E-state index in [4.69, 9.17) is 0 Å². The number of hydrogen-bond donors (Lipinski definition) is 2. The molecule has 138 valence electrons. The van der Waals surface area contributed by atoms with Crippen molar-refractivity contribution < 1.29 is 18.0 Å². The molecule has 0 saturated carbocycles. The molecule has 1 saturated heterocycles. The van der Waals surface area contributed by atoms with Gasteiger partial charge in [-0.3, -0.25) is 4.79 Å². The van der Waals surface area contributed by atoms with Crippen LogP contribution in [-0.4, -0.2) is 18.5 Å². The van der Waals surface area contributed by atoms with E-state index in [9.17, 15) is 18.0 Å². The fourth-order valence-corrected chi connectivity index (χ4v) is 3.19. The molecule has 2 N–H and O–H groups in total. The molecular formula is C20H21F3N2O. The van der Waals surface area contributed by atoms with Gasteiger partial charge in [0.25, 0.3) is 0 Å². The van der Waals surface area contributed by atoms with Crippen molar-refractivity contribution in [2.45, 2.75) is 37.9 Å². The first-order valence-electron chi connectivity index (χ1n) is 8.72. The lowest BCUT2D eigenvalue weighted by molar-refractivity contribution is -0.138. The first-order valence-corrected chi connectivity index (χ1v) is 8.72. The minimum atomic E-state index is -4.33. The standard InChI is InChI=1S/C20H21F3N2O/c21-20(22,23)17-5-2-1-4-15(17)10-7-14-8-11-16(12-9-14)25-19(26)18-6-3-13-24-18/h1-2,4-5,8-9,11-12,18,24H,3,6-7,10,13H2,(H,25,26). The maximum atomic E-state index is 13.0. The highest BCUT2D eigenvalue weighted by Crippen LogP contribution is 2.32. The summed E-state index contributed by atoms with van der Waals surface area (Å²) in [5.41, 5.74) is 1.35. The van der Waals surface area contributed by atoms with Crippen LogP contribution in [0.25, 0.3) is 0 Å². The van der Waals surface area contributed by atoms with Crippen LogP contribution in [-0.2, 0) is 23.8 Å². The molecule has 1 aliphatic rings. The third-order valence-corrected chi connectivity index (χ3v) is 4.60. The number of anilines is 1. The van der Waals surface area contributed by atoms with Crippen molar-refractivity contribution in [1.29, 1.82) is 0 Å². The summed E-state index contributed by atoms with van der Waals surface area (Å²) in [5, 5.41) is 6.00. The number of benzene rings is 2. The number of hydrogen-bond acceptors (Lipinski definition) is 2. The van der Waals surface area contributed by atoms with Gasteiger partial charge in [0.2, 0.25) is 5.91 Å². The van der Waals surface area contributed by atoms with Crippen LogP contribution in [0, 0.1) is 0 Å². The zero-order valence-corrected chi connectivity index (χ0v) is 14.3. The van der Waals surface area contributed by atoms with Gasteiger partial charge in [-0.25, -0.2) is 0 Å². The zero-order chi connectivity index (χ0) is 18.6. The molecule has 1 heterocycles. The Labute approximate surface area is 150 Å². The van der Waals surface area contributed by atoms with Gasteiger partial charge in [0.15, 0.2) is 0 Å². The molecular weight excluding hydrogens is 341 g/mol. The molecule has 3 rings (SSSR count). The van der Waals surface area contributed by atoms with E-state index in [0.717, 1.165) is 31.0 Å². The van der Waals surface area contributed by atoms with E-state index in [0.29, 0.717) is 24.1 Å².